The molecule has 1 aromatic carbocycles. The van der Waals surface area contributed by atoms with Crippen LogP contribution >= 0.6 is 23.2 Å². The van der Waals surface area contributed by atoms with Crippen molar-refractivity contribution < 1.29 is 14.3 Å². The summed E-state index contributed by atoms with van der Waals surface area (Å²) in [5, 5.41) is 8.63. The van der Waals surface area contributed by atoms with E-state index in [9.17, 15) is 4.79 Å². The summed E-state index contributed by atoms with van der Waals surface area (Å²) in [6.07, 6.45) is 6.16. The predicted molar refractivity (Wildman–Crippen MR) is 97.1 cm³/mol. The molecule has 0 fully saturated rings. The van der Waals surface area contributed by atoms with E-state index >= 15 is 0 Å². The monoisotopic (exact) mass is 393 g/mol. The number of hydrogen-bond acceptors (Lipinski definition) is 6. The molecule has 0 N–H and O–H groups in total. The average molecular weight is 394 g/mol. The highest BCUT2D eigenvalue weighted by molar-refractivity contribution is 6.31. The Bertz CT molecular complexity index is 812. The fraction of sp³-hybridized carbons (Fsp3) is 0.333. The Morgan fingerprint density at radius 2 is 2.19 bits per heavy atom. The van der Waals surface area contributed by atoms with E-state index in [2.05, 4.69) is 15.2 Å². The minimum absolute atomic E-state index is 0.138. The first-order valence-electron chi connectivity index (χ1n) is 8.09. The summed E-state index contributed by atoms with van der Waals surface area (Å²) in [6, 6.07) is 5.74. The highest BCUT2D eigenvalue weighted by Gasteiger charge is 2.21. The van der Waals surface area contributed by atoms with Gasteiger partial charge in [0.05, 0.1) is 12.3 Å². The summed E-state index contributed by atoms with van der Waals surface area (Å²) in [7, 11) is 0. The molecule has 3 rings (SSSR count). The van der Waals surface area contributed by atoms with Crippen molar-refractivity contribution in [3.8, 4) is 0 Å². The number of esters is 1. The molecule has 136 valence electrons. The summed E-state index contributed by atoms with van der Waals surface area (Å²) in [6.45, 7) is 1.58. The summed E-state index contributed by atoms with van der Waals surface area (Å²) in [5.41, 5.74) is 1.87. The number of carbonyl (C=O) groups is 1. The van der Waals surface area contributed by atoms with Crippen LogP contribution in [0.25, 0.3) is 0 Å². The molecule has 26 heavy (non-hydrogen) atoms. The fourth-order valence-electron chi connectivity index (χ4n) is 2.64. The molecule has 0 radical (unpaired) electrons. The Morgan fingerprint density at radius 3 is 2.92 bits per heavy atom. The summed E-state index contributed by atoms with van der Waals surface area (Å²) in [5.74, 6) is 0.208. The number of rotatable bonds is 5. The molecule has 1 unspecified atom stereocenters. The van der Waals surface area contributed by atoms with Gasteiger partial charge in [-0.1, -0.05) is 47.5 Å². The molecule has 0 aliphatic carbocycles. The van der Waals surface area contributed by atoms with E-state index in [-0.39, 0.29) is 29.9 Å². The molecule has 0 spiro atoms. The summed E-state index contributed by atoms with van der Waals surface area (Å²) in [4.78, 5) is 15.1. The van der Waals surface area contributed by atoms with Crippen molar-refractivity contribution in [3.05, 3.63) is 63.7 Å². The number of halogens is 2. The van der Waals surface area contributed by atoms with Crippen LogP contribution in [0, 0.1) is 0 Å². The Hall–Kier alpha value is -2.02. The lowest BCUT2D eigenvalue weighted by atomic mass is 10.00. The minimum Gasteiger partial charge on any atom is -0.463 e. The summed E-state index contributed by atoms with van der Waals surface area (Å²) >= 11 is 12.0. The lowest BCUT2D eigenvalue weighted by Gasteiger charge is -2.26. The van der Waals surface area contributed by atoms with E-state index in [1.807, 2.05) is 30.4 Å². The molecular formula is C18H17Cl2N3O3. The number of carbonyl (C=O) groups excluding carboxylic acids is 1. The Kier molecular flexibility index (Phi) is 6.19. The van der Waals surface area contributed by atoms with Crippen molar-refractivity contribution in [2.75, 3.05) is 6.61 Å². The van der Waals surface area contributed by atoms with Gasteiger partial charge in [-0.05, 0) is 23.6 Å². The van der Waals surface area contributed by atoms with E-state index in [0.29, 0.717) is 17.3 Å². The minimum atomic E-state index is -0.325. The average Bonchev–Trinajstić information content (AvgIpc) is 2.64. The van der Waals surface area contributed by atoms with Crippen molar-refractivity contribution in [1.29, 1.82) is 0 Å². The zero-order valence-corrected chi connectivity index (χ0v) is 15.6. The van der Waals surface area contributed by atoms with E-state index < -0.39 is 0 Å². The van der Waals surface area contributed by atoms with E-state index in [4.69, 9.17) is 32.7 Å². The van der Waals surface area contributed by atoms with Crippen molar-refractivity contribution >= 4 is 29.2 Å². The second kappa shape index (κ2) is 8.58. The largest absolute Gasteiger partial charge is 0.463 e. The Labute approximate surface area is 161 Å². The van der Waals surface area contributed by atoms with Gasteiger partial charge >= 0.3 is 5.97 Å². The zero-order chi connectivity index (χ0) is 18.5. The van der Waals surface area contributed by atoms with Crippen LogP contribution in [0.1, 0.15) is 36.4 Å². The Morgan fingerprint density at radius 1 is 1.35 bits per heavy atom. The molecule has 2 atom stereocenters. The molecule has 1 aliphatic rings. The molecule has 2 heterocycles. The van der Waals surface area contributed by atoms with Gasteiger partial charge in [0, 0.05) is 18.4 Å². The number of benzene rings is 1. The van der Waals surface area contributed by atoms with E-state index in [1.165, 1.54) is 13.1 Å². The first-order valence-corrected chi connectivity index (χ1v) is 8.85. The molecule has 0 saturated carbocycles. The van der Waals surface area contributed by atoms with Gasteiger partial charge in [-0.2, -0.15) is 0 Å². The molecule has 2 aromatic rings. The van der Waals surface area contributed by atoms with Crippen molar-refractivity contribution in [2.45, 2.75) is 32.0 Å². The second-order valence-corrected chi connectivity index (χ2v) is 6.65. The first-order chi connectivity index (χ1) is 12.5. The maximum atomic E-state index is 11.0. The lowest BCUT2D eigenvalue weighted by molar-refractivity contribution is -0.145. The number of nitrogens with zero attached hydrogens (tertiary/aromatic N) is 3. The van der Waals surface area contributed by atoms with Crippen LogP contribution in [0.4, 0.5) is 0 Å². The second-order valence-electron chi connectivity index (χ2n) is 5.85. The molecular weight excluding hydrogens is 377 g/mol. The van der Waals surface area contributed by atoms with Crippen LogP contribution in [0.15, 0.2) is 36.5 Å². The van der Waals surface area contributed by atoms with Crippen LogP contribution in [-0.2, 0) is 20.7 Å². The highest BCUT2D eigenvalue weighted by Crippen LogP contribution is 2.30. The molecule has 1 aromatic heterocycles. The molecule has 8 heteroatoms. The van der Waals surface area contributed by atoms with Crippen LogP contribution in [0.3, 0.4) is 0 Å². The summed E-state index contributed by atoms with van der Waals surface area (Å²) < 4.78 is 11.0. The molecule has 0 bridgehead atoms. The zero-order valence-electron chi connectivity index (χ0n) is 14.1. The van der Waals surface area contributed by atoms with Crippen molar-refractivity contribution in [1.82, 2.24) is 15.2 Å². The van der Waals surface area contributed by atoms with Crippen molar-refractivity contribution in [2.24, 2.45) is 0 Å². The van der Waals surface area contributed by atoms with Gasteiger partial charge in [0.15, 0.2) is 11.0 Å². The van der Waals surface area contributed by atoms with Gasteiger partial charge in [0.2, 0.25) is 0 Å². The third-order valence-corrected chi connectivity index (χ3v) is 4.40. The first kappa shape index (κ1) is 18.8. The van der Waals surface area contributed by atoms with Crippen molar-refractivity contribution in [3.63, 3.8) is 0 Å². The van der Waals surface area contributed by atoms with Crippen LogP contribution in [0.5, 0.6) is 0 Å². The van der Waals surface area contributed by atoms with E-state index in [1.54, 1.807) is 0 Å². The standard InChI is InChI=1S/C18H17Cl2N3O3/c1-11(24)25-10-14-3-2-4-16(26-14)12-5-6-15(19)13(7-12)8-18-21-9-17(20)22-23-18/h2-3,5-7,9,14,16H,4,8,10H2,1H3/t14-,16?/m1/s1. The van der Waals surface area contributed by atoms with Gasteiger partial charge in [-0.3, -0.25) is 4.79 Å². The highest BCUT2D eigenvalue weighted by atomic mass is 35.5. The maximum absolute atomic E-state index is 11.0. The number of aromatic nitrogens is 3. The fourth-order valence-corrected chi connectivity index (χ4v) is 2.91. The molecule has 0 saturated heterocycles. The van der Waals surface area contributed by atoms with Gasteiger partial charge in [0.1, 0.15) is 12.7 Å². The van der Waals surface area contributed by atoms with Gasteiger partial charge in [-0.15, -0.1) is 10.2 Å². The molecule has 0 amide bonds. The topological polar surface area (TPSA) is 74.2 Å². The third-order valence-electron chi connectivity index (χ3n) is 3.86. The van der Waals surface area contributed by atoms with E-state index in [0.717, 1.165) is 17.5 Å². The lowest BCUT2D eigenvalue weighted by Crippen LogP contribution is -2.24. The SMILES string of the molecule is CC(=O)OC[C@H]1C=CCC(c2ccc(Cl)c(Cc3ncc(Cl)nn3)c2)O1. The predicted octanol–water partition coefficient (Wildman–Crippen LogP) is 3.72. The van der Waals surface area contributed by atoms with Crippen LogP contribution < -0.4 is 0 Å². The molecule has 1 aliphatic heterocycles. The van der Waals surface area contributed by atoms with Gasteiger partial charge in [-0.25, -0.2) is 4.98 Å². The molecule has 6 nitrogen and oxygen atoms in total. The number of hydrogen-bond donors (Lipinski definition) is 0. The smallest absolute Gasteiger partial charge is 0.302 e. The quantitative estimate of drug-likeness (QED) is 0.569. The normalized spacial score (nSPS) is 19.3. The third kappa shape index (κ3) is 5.00. The van der Waals surface area contributed by atoms with Crippen LogP contribution in [0.2, 0.25) is 10.2 Å². The maximum Gasteiger partial charge on any atom is 0.302 e. The van der Waals surface area contributed by atoms with Crippen LogP contribution in [-0.4, -0.2) is 33.9 Å². The Balaban J connectivity index is 1.73. The number of ether oxygens (including phenoxy) is 2. The van der Waals surface area contributed by atoms with Gasteiger partial charge in [0.25, 0.3) is 0 Å². The van der Waals surface area contributed by atoms with Gasteiger partial charge < -0.3 is 9.47 Å².